The van der Waals surface area contributed by atoms with E-state index in [9.17, 15) is 24.5 Å². The summed E-state index contributed by atoms with van der Waals surface area (Å²) in [6, 6.07) is 5.73. The van der Waals surface area contributed by atoms with E-state index in [0.29, 0.717) is 30.9 Å². The molecule has 170 valence electrons. The van der Waals surface area contributed by atoms with E-state index in [2.05, 4.69) is 6.92 Å². The summed E-state index contributed by atoms with van der Waals surface area (Å²) in [5, 5.41) is 10.3. The highest BCUT2D eigenvalue weighted by molar-refractivity contribution is 8.00. The van der Waals surface area contributed by atoms with Crippen molar-refractivity contribution in [3.8, 4) is 0 Å². The molecule has 2 rings (SSSR count). The minimum atomic E-state index is -0.494. The minimum absolute atomic E-state index is 0.0416. The number of thioether (sulfide) groups is 1. The van der Waals surface area contributed by atoms with Gasteiger partial charge in [0.1, 0.15) is 0 Å². The van der Waals surface area contributed by atoms with Gasteiger partial charge in [0, 0.05) is 43.1 Å². The number of nitrogens with zero attached hydrogens (tertiary/aromatic N) is 3. The zero-order chi connectivity index (χ0) is 22.6. The van der Waals surface area contributed by atoms with E-state index in [1.807, 2.05) is 0 Å². The van der Waals surface area contributed by atoms with Crippen molar-refractivity contribution in [2.75, 3.05) is 23.7 Å². The van der Waals surface area contributed by atoms with Gasteiger partial charge in [0.2, 0.25) is 18.2 Å². The Kier molecular flexibility index (Phi) is 10.5. The van der Waals surface area contributed by atoms with Crippen molar-refractivity contribution < 1.29 is 19.3 Å². The van der Waals surface area contributed by atoms with Gasteiger partial charge in [0.15, 0.2) is 0 Å². The van der Waals surface area contributed by atoms with Gasteiger partial charge in [-0.3, -0.25) is 29.4 Å². The monoisotopic (exact) mass is 449 g/mol. The number of nitro benzene ring substituents is 1. The molecule has 31 heavy (non-hydrogen) atoms. The summed E-state index contributed by atoms with van der Waals surface area (Å²) in [5.74, 6) is 0.245. The molecule has 1 aromatic rings. The third-order valence-electron chi connectivity index (χ3n) is 5.36. The number of carbonyl (C=O) groups is 3. The van der Waals surface area contributed by atoms with Crippen molar-refractivity contribution >= 4 is 41.4 Å². The molecule has 0 aliphatic carbocycles. The average molecular weight is 450 g/mol. The Morgan fingerprint density at radius 3 is 2.39 bits per heavy atom. The first-order valence-electron chi connectivity index (χ1n) is 10.9. The highest BCUT2D eigenvalue weighted by Crippen LogP contribution is 2.26. The zero-order valence-electron chi connectivity index (χ0n) is 18.0. The maximum atomic E-state index is 12.6. The molecule has 0 saturated carbocycles. The summed E-state index contributed by atoms with van der Waals surface area (Å²) in [7, 11) is 0. The van der Waals surface area contributed by atoms with Crippen molar-refractivity contribution in [1.29, 1.82) is 0 Å². The Morgan fingerprint density at radius 1 is 1.13 bits per heavy atom. The predicted molar refractivity (Wildman–Crippen MR) is 122 cm³/mol. The summed E-state index contributed by atoms with van der Waals surface area (Å²) in [6.45, 7) is 3.03. The van der Waals surface area contributed by atoms with Crippen LogP contribution in [0, 0.1) is 10.1 Å². The largest absolute Gasteiger partial charge is 0.314 e. The van der Waals surface area contributed by atoms with Gasteiger partial charge < -0.3 is 4.90 Å². The second-order valence-electron chi connectivity index (χ2n) is 7.64. The maximum absolute atomic E-state index is 12.6. The highest BCUT2D eigenvalue weighted by Gasteiger charge is 2.38. The quantitative estimate of drug-likeness (QED) is 0.131. The predicted octanol–water partition coefficient (Wildman–Crippen LogP) is 4.17. The fourth-order valence-corrected chi connectivity index (χ4v) is 4.66. The van der Waals surface area contributed by atoms with Crippen LogP contribution in [-0.2, 0) is 14.4 Å². The molecule has 1 aliphatic rings. The van der Waals surface area contributed by atoms with Crippen LogP contribution in [-0.4, -0.2) is 52.1 Å². The fraction of sp³-hybridized carbons (Fsp3) is 0.591. The second kappa shape index (κ2) is 13.1. The SMILES string of the molecule is CCCCCCCCCN1C(=O)CC(SCCN(C=O)c2ccc([N+](=O)[O-])cc2)C1=O. The lowest BCUT2D eigenvalue weighted by Gasteiger charge is -2.18. The Labute approximate surface area is 187 Å². The molecule has 9 heteroatoms. The Bertz CT molecular complexity index is 756. The molecule has 1 fully saturated rings. The summed E-state index contributed by atoms with van der Waals surface area (Å²) < 4.78 is 0. The summed E-state index contributed by atoms with van der Waals surface area (Å²) in [4.78, 5) is 49.3. The number of anilines is 1. The third-order valence-corrected chi connectivity index (χ3v) is 6.55. The number of rotatable bonds is 15. The van der Waals surface area contributed by atoms with E-state index in [4.69, 9.17) is 0 Å². The van der Waals surface area contributed by atoms with Crippen LogP contribution >= 0.6 is 11.8 Å². The topological polar surface area (TPSA) is 101 Å². The lowest BCUT2D eigenvalue weighted by Crippen LogP contribution is -2.32. The summed E-state index contributed by atoms with van der Waals surface area (Å²) in [6.07, 6.45) is 8.81. The Balaban J connectivity index is 1.73. The van der Waals surface area contributed by atoms with Crippen LogP contribution in [0.4, 0.5) is 11.4 Å². The van der Waals surface area contributed by atoms with Crippen molar-refractivity contribution in [2.45, 2.75) is 63.5 Å². The first-order valence-corrected chi connectivity index (χ1v) is 11.9. The molecular weight excluding hydrogens is 418 g/mol. The van der Waals surface area contributed by atoms with Gasteiger partial charge in [-0.1, -0.05) is 45.4 Å². The number of unbranched alkanes of at least 4 members (excludes halogenated alkanes) is 6. The van der Waals surface area contributed by atoms with Crippen molar-refractivity contribution in [3.05, 3.63) is 34.4 Å². The van der Waals surface area contributed by atoms with Gasteiger partial charge >= 0.3 is 0 Å². The Hall–Kier alpha value is -2.42. The number of likely N-dealkylation sites (tertiary alicyclic amines) is 1. The third kappa shape index (κ3) is 7.65. The normalized spacial score (nSPS) is 16.0. The number of amides is 3. The molecule has 0 aromatic heterocycles. The van der Waals surface area contributed by atoms with Crippen molar-refractivity contribution in [1.82, 2.24) is 4.90 Å². The lowest BCUT2D eigenvalue weighted by molar-refractivity contribution is -0.384. The molecule has 0 bridgehead atoms. The fourth-order valence-electron chi connectivity index (χ4n) is 3.55. The summed E-state index contributed by atoms with van der Waals surface area (Å²) >= 11 is 1.38. The van der Waals surface area contributed by atoms with Gasteiger partial charge in [-0.15, -0.1) is 11.8 Å². The number of benzene rings is 1. The number of nitro groups is 1. The summed E-state index contributed by atoms with van der Waals surface area (Å²) in [5.41, 5.74) is 0.510. The van der Waals surface area contributed by atoms with Gasteiger partial charge in [-0.2, -0.15) is 0 Å². The number of hydrogen-bond donors (Lipinski definition) is 0. The molecular formula is C22H31N3O5S. The zero-order valence-corrected chi connectivity index (χ0v) is 18.8. The van der Waals surface area contributed by atoms with Gasteiger partial charge in [-0.05, 0) is 18.6 Å². The number of hydrogen-bond acceptors (Lipinski definition) is 6. The minimum Gasteiger partial charge on any atom is -0.314 e. The van der Waals surface area contributed by atoms with E-state index in [-0.39, 0.29) is 23.9 Å². The van der Waals surface area contributed by atoms with Crippen LogP contribution < -0.4 is 4.90 Å². The molecule has 8 nitrogen and oxygen atoms in total. The van der Waals surface area contributed by atoms with E-state index in [1.54, 1.807) is 0 Å². The first kappa shape index (κ1) is 24.8. The molecule has 0 spiro atoms. The molecule has 1 unspecified atom stereocenters. The average Bonchev–Trinajstić information content (AvgIpc) is 3.03. The van der Waals surface area contributed by atoms with E-state index >= 15 is 0 Å². The van der Waals surface area contributed by atoms with Crippen LogP contribution in [0.15, 0.2) is 24.3 Å². The van der Waals surface area contributed by atoms with Crippen LogP contribution in [0.5, 0.6) is 0 Å². The maximum Gasteiger partial charge on any atom is 0.269 e. The van der Waals surface area contributed by atoms with E-state index < -0.39 is 10.2 Å². The molecule has 1 aliphatic heterocycles. The second-order valence-corrected chi connectivity index (χ2v) is 8.95. The number of imide groups is 1. The molecule has 0 N–H and O–H groups in total. The smallest absolute Gasteiger partial charge is 0.269 e. The van der Waals surface area contributed by atoms with Crippen LogP contribution in [0.25, 0.3) is 0 Å². The van der Waals surface area contributed by atoms with Gasteiger partial charge in [0.05, 0.1) is 10.2 Å². The molecule has 1 atom stereocenters. The number of carbonyl (C=O) groups excluding carboxylic acids is 3. The molecule has 1 aromatic carbocycles. The molecule has 3 amide bonds. The molecule has 1 saturated heterocycles. The molecule has 1 heterocycles. The van der Waals surface area contributed by atoms with E-state index in [1.165, 1.54) is 71.5 Å². The van der Waals surface area contributed by atoms with E-state index in [0.717, 1.165) is 19.3 Å². The highest BCUT2D eigenvalue weighted by atomic mass is 32.2. The Morgan fingerprint density at radius 2 is 1.77 bits per heavy atom. The number of non-ortho nitro benzene ring substituents is 1. The standard InChI is InChI=1S/C22H31N3O5S/c1-2-3-4-5-6-7-8-13-24-21(27)16-20(22(24)28)31-15-14-23(17-26)18-9-11-19(12-10-18)25(29)30/h9-12,17,20H,2-8,13-16H2,1H3. The van der Waals surface area contributed by atoms with Gasteiger partial charge in [0.25, 0.3) is 5.69 Å². The molecule has 0 radical (unpaired) electrons. The van der Waals surface area contributed by atoms with Crippen molar-refractivity contribution in [2.24, 2.45) is 0 Å². The van der Waals surface area contributed by atoms with Crippen LogP contribution in [0.2, 0.25) is 0 Å². The van der Waals surface area contributed by atoms with Crippen LogP contribution in [0.1, 0.15) is 58.3 Å². The van der Waals surface area contributed by atoms with Crippen LogP contribution in [0.3, 0.4) is 0 Å². The van der Waals surface area contributed by atoms with Gasteiger partial charge in [-0.25, -0.2) is 0 Å². The first-order chi connectivity index (χ1) is 15.0. The van der Waals surface area contributed by atoms with Crippen molar-refractivity contribution in [3.63, 3.8) is 0 Å². The lowest BCUT2D eigenvalue weighted by atomic mass is 10.1.